The van der Waals surface area contributed by atoms with E-state index >= 15 is 0 Å². The summed E-state index contributed by atoms with van der Waals surface area (Å²) >= 11 is 5.65. The Morgan fingerprint density at radius 2 is 2.15 bits per heavy atom. The predicted molar refractivity (Wildman–Crippen MR) is 78.1 cm³/mol. The second kappa shape index (κ2) is 7.42. The molecule has 1 aromatic carbocycles. The number of hydrogen-bond acceptors (Lipinski definition) is 1. The van der Waals surface area contributed by atoms with Crippen LogP contribution in [0.15, 0.2) is 60.5 Å². The molecule has 0 atom stereocenters. The number of allylic oxidation sites excluding steroid dienone is 7. The second-order valence-electron chi connectivity index (χ2n) is 3.85. The van der Waals surface area contributed by atoms with E-state index in [1.54, 1.807) is 19.1 Å². The summed E-state index contributed by atoms with van der Waals surface area (Å²) in [6, 6.07) is 5.78. The van der Waals surface area contributed by atoms with Crippen LogP contribution in [0.2, 0.25) is 5.02 Å². The Hall–Kier alpha value is -2.18. The van der Waals surface area contributed by atoms with E-state index in [0.29, 0.717) is 0 Å². The summed E-state index contributed by atoms with van der Waals surface area (Å²) < 4.78 is 27.1. The zero-order chi connectivity index (χ0) is 15.1. The van der Waals surface area contributed by atoms with Crippen LogP contribution in [0, 0.1) is 17.1 Å². The maximum atomic E-state index is 13.8. The van der Waals surface area contributed by atoms with Crippen molar-refractivity contribution in [2.45, 2.75) is 6.92 Å². The van der Waals surface area contributed by atoms with Crippen molar-refractivity contribution < 1.29 is 8.78 Å². The van der Waals surface area contributed by atoms with Gasteiger partial charge < -0.3 is 0 Å². The van der Waals surface area contributed by atoms with Crippen LogP contribution in [-0.4, -0.2) is 0 Å². The first kappa shape index (κ1) is 15.9. The van der Waals surface area contributed by atoms with Gasteiger partial charge in [0, 0.05) is 16.2 Å². The van der Waals surface area contributed by atoms with Crippen LogP contribution in [0.4, 0.5) is 8.78 Å². The maximum Gasteiger partial charge on any atom is 0.133 e. The minimum atomic E-state index is -0.703. The zero-order valence-electron chi connectivity index (χ0n) is 10.8. The molecule has 0 N–H and O–H groups in total. The topological polar surface area (TPSA) is 23.8 Å². The van der Waals surface area contributed by atoms with Crippen molar-refractivity contribution in [3.05, 3.63) is 76.9 Å². The minimum absolute atomic E-state index is 0.00582. The van der Waals surface area contributed by atoms with E-state index in [2.05, 4.69) is 6.58 Å². The first-order valence-corrected chi connectivity index (χ1v) is 6.12. The van der Waals surface area contributed by atoms with Gasteiger partial charge in [-0.1, -0.05) is 36.4 Å². The third-order valence-electron chi connectivity index (χ3n) is 2.42. The van der Waals surface area contributed by atoms with Gasteiger partial charge in [-0.3, -0.25) is 0 Å². The van der Waals surface area contributed by atoms with Gasteiger partial charge in [-0.25, -0.2) is 8.78 Å². The predicted octanol–water partition coefficient (Wildman–Crippen LogP) is 5.37. The fraction of sp³-hybridized carbons (Fsp3) is 0.0625. The standard InChI is InChI=1S/C16H12ClF2N/c1-3-4-5-12(11(2)18)8-13(10-20)15-7-6-14(17)9-16(15)19/h3-9H,2H2,1H3/b4-3-,12-5-,13-8+. The molecule has 0 fully saturated rings. The molecule has 0 spiro atoms. The van der Waals surface area contributed by atoms with E-state index < -0.39 is 11.6 Å². The molecule has 0 aliphatic heterocycles. The Morgan fingerprint density at radius 3 is 2.65 bits per heavy atom. The number of benzene rings is 1. The summed E-state index contributed by atoms with van der Waals surface area (Å²) in [6.45, 7) is 4.96. The zero-order valence-corrected chi connectivity index (χ0v) is 11.6. The highest BCUT2D eigenvalue weighted by molar-refractivity contribution is 6.30. The fourth-order valence-corrected chi connectivity index (χ4v) is 1.61. The van der Waals surface area contributed by atoms with Gasteiger partial charge in [-0.15, -0.1) is 0 Å². The normalized spacial score (nSPS) is 12.6. The molecule has 4 heteroatoms. The van der Waals surface area contributed by atoms with Crippen LogP contribution in [0.1, 0.15) is 12.5 Å². The smallest absolute Gasteiger partial charge is 0.133 e. The van der Waals surface area contributed by atoms with Crippen molar-refractivity contribution in [1.29, 1.82) is 5.26 Å². The van der Waals surface area contributed by atoms with Crippen LogP contribution in [0.5, 0.6) is 0 Å². The number of halogens is 3. The molecule has 0 aromatic heterocycles. The molecule has 0 radical (unpaired) electrons. The molecule has 0 aliphatic rings. The quantitative estimate of drug-likeness (QED) is 0.540. The molecule has 0 bridgehead atoms. The Bertz CT molecular complexity index is 649. The summed E-state index contributed by atoms with van der Waals surface area (Å²) in [7, 11) is 0. The third kappa shape index (κ3) is 4.18. The van der Waals surface area contributed by atoms with Crippen molar-refractivity contribution in [1.82, 2.24) is 0 Å². The fourth-order valence-electron chi connectivity index (χ4n) is 1.45. The van der Waals surface area contributed by atoms with E-state index in [9.17, 15) is 8.78 Å². The Kier molecular flexibility index (Phi) is 5.89. The molecule has 0 aliphatic carbocycles. The van der Waals surface area contributed by atoms with E-state index in [1.807, 2.05) is 6.07 Å². The first-order chi connectivity index (χ1) is 9.49. The molecule has 0 heterocycles. The van der Waals surface area contributed by atoms with Gasteiger partial charge in [0.1, 0.15) is 11.6 Å². The van der Waals surface area contributed by atoms with Crippen molar-refractivity contribution in [3.63, 3.8) is 0 Å². The Morgan fingerprint density at radius 1 is 1.45 bits per heavy atom. The highest BCUT2D eigenvalue weighted by Crippen LogP contribution is 2.24. The summed E-state index contributed by atoms with van der Waals surface area (Å²) in [6.07, 6.45) is 6.00. The lowest BCUT2D eigenvalue weighted by atomic mass is 10.0. The van der Waals surface area contributed by atoms with Gasteiger partial charge in [0.05, 0.1) is 11.6 Å². The van der Waals surface area contributed by atoms with Gasteiger partial charge in [0.25, 0.3) is 0 Å². The van der Waals surface area contributed by atoms with Gasteiger partial charge in [-0.2, -0.15) is 5.26 Å². The summed E-state index contributed by atoms with van der Waals surface area (Å²) in [5.74, 6) is -1.34. The van der Waals surface area contributed by atoms with E-state index in [-0.39, 0.29) is 21.7 Å². The molecular formula is C16H12ClF2N. The SMILES string of the molecule is C=C(F)C(=C\C=C/C)/C=C(\C#N)c1ccc(Cl)cc1F. The van der Waals surface area contributed by atoms with Gasteiger partial charge in [-0.05, 0) is 31.2 Å². The van der Waals surface area contributed by atoms with Gasteiger partial charge >= 0.3 is 0 Å². The molecule has 1 rings (SSSR count). The van der Waals surface area contributed by atoms with E-state index in [1.165, 1.54) is 24.3 Å². The molecule has 1 nitrogen and oxygen atoms in total. The average molecular weight is 292 g/mol. The number of nitriles is 1. The molecule has 1 aromatic rings. The molecule has 0 saturated carbocycles. The molecule has 20 heavy (non-hydrogen) atoms. The van der Waals surface area contributed by atoms with Crippen LogP contribution in [-0.2, 0) is 0 Å². The van der Waals surface area contributed by atoms with Crippen LogP contribution >= 0.6 is 11.6 Å². The Balaban J connectivity index is 3.34. The molecule has 102 valence electrons. The van der Waals surface area contributed by atoms with Crippen molar-refractivity contribution in [2.24, 2.45) is 0 Å². The van der Waals surface area contributed by atoms with Crippen molar-refractivity contribution >= 4 is 17.2 Å². The highest BCUT2D eigenvalue weighted by atomic mass is 35.5. The lowest BCUT2D eigenvalue weighted by Gasteiger charge is -2.03. The first-order valence-electron chi connectivity index (χ1n) is 5.74. The molecular weight excluding hydrogens is 280 g/mol. The summed E-state index contributed by atoms with van der Waals surface area (Å²) in [5.41, 5.74) is 0.159. The monoisotopic (exact) mass is 291 g/mol. The number of rotatable bonds is 4. The molecule has 0 unspecified atom stereocenters. The van der Waals surface area contributed by atoms with Gasteiger partial charge in [0.2, 0.25) is 0 Å². The second-order valence-corrected chi connectivity index (χ2v) is 4.28. The largest absolute Gasteiger partial charge is 0.207 e. The molecule has 0 saturated heterocycles. The summed E-state index contributed by atoms with van der Waals surface area (Å²) in [4.78, 5) is 0. The average Bonchev–Trinajstić information content (AvgIpc) is 2.40. The lowest BCUT2D eigenvalue weighted by Crippen LogP contribution is -1.90. The number of nitrogens with zero attached hydrogens (tertiary/aromatic N) is 1. The van der Waals surface area contributed by atoms with Crippen LogP contribution in [0.25, 0.3) is 5.57 Å². The minimum Gasteiger partial charge on any atom is -0.207 e. The van der Waals surface area contributed by atoms with Gasteiger partial charge in [0.15, 0.2) is 0 Å². The van der Waals surface area contributed by atoms with E-state index in [0.717, 1.165) is 6.07 Å². The Labute approximate surface area is 121 Å². The summed E-state index contributed by atoms with van der Waals surface area (Å²) in [5, 5.41) is 9.34. The van der Waals surface area contributed by atoms with E-state index in [4.69, 9.17) is 16.9 Å². The molecule has 0 amide bonds. The van der Waals surface area contributed by atoms with Crippen LogP contribution < -0.4 is 0 Å². The van der Waals surface area contributed by atoms with Crippen molar-refractivity contribution in [2.75, 3.05) is 0 Å². The number of hydrogen-bond donors (Lipinski definition) is 0. The van der Waals surface area contributed by atoms with Crippen molar-refractivity contribution in [3.8, 4) is 6.07 Å². The van der Waals surface area contributed by atoms with Crippen LogP contribution in [0.3, 0.4) is 0 Å². The third-order valence-corrected chi connectivity index (χ3v) is 2.66. The lowest BCUT2D eigenvalue weighted by molar-refractivity contribution is 0.624. The maximum absolute atomic E-state index is 13.8. The highest BCUT2D eigenvalue weighted by Gasteiger charge is 2.10.